The number of benzene rings is 2. The molecule has 1 N–H and O–H groups in total. The quantitative estimate of drug-likeness (QED) is 0.468. The standard InChI is InChI=1S/C25H29N3O5/c1-4-22(29)28(2)11-10-17-12-21-24(33-15-32-21)23(31-3)20(17)14-26-27-25(30)19-13-18(19)16-8-6-5-7-9-16/h5-9,12,14,18-19H,4,10-11,13,15H2,1-3H3,(H,27,30)/b26-14+/t18-,19+/m0/s1. The van der Waals surface area contributed by atoms with E-state index in [-0.39, 0.29) is 30.4 Å². The zero-order chi connectivity index (χ0) is 23.4. The van der Waals surface area contributed by atoms with Crippen LogP contribution < -0.4 is 19.6 Å². The van der Waals surface area contributed by atoms with Crippen LogP contribution in [0.5, 0.6) is 17.2 Å². The van der Waals surface area contributed by atoms with Crippen molar-refractivity contribution in [3.8, 4) is 17.2 Å². The molecule has 8 heteroatoms. The molecule has 2 amide bonds. The van der Waals surface area contributed by atoms with Crippen LogP contribution >= 0.6 is 0 Å². The first-order valence-electron chi connectivity index (χ1n) is 11.1. The fourth-order valence-corrected chi connectivity index (χ4v) is 4.11. The second-order valence-corrected chi connectivity index (χ2v) is 8.23. The Morgan fingerprint density at radius 1 is 1.27 bits per heavy atom. The summed E-state index contributed by atoms with van der Waals surface area (Å²) in [7, 11) is 3.33. The average Bonchev–Trinajstić information content (AvgIpc) is 3.52. The van der Waals surface area contributed by atoms with Gasteiger partial charge in [-0.3, -0.25) is 9.59 Å². The summed E-state index contributed by atoms with van der Waals surface area (Å²) in [5.41, 5.74) is 5.42. The Morgan fingerprint density at radius 2 is 2.06 bits per heavy atom. The largest absolute Gasteiger partial charge is 0.492 e. The van der Waals surface area contributed by atoms with Crippen molar-refractivity contribution in [3.63, 3.8) is 0 Å². The number of likely N-dealkylation sites (N-methyl/N-ethyl adjacent to an activating group) is 1. The summed E-state index contributed by atoms with van der Waals surface area (Å²) in [6.07, 6.45) is 3.42. The van der Waals surface area contributed by atoms with E-state index in [1.807, 2.05) is 43.3 Å². The van der Waals surface area contributed by atoms with E-state index in [1.165, 1.54) is 5.56 Å². The first-order valence-corrected chi connectivity index (χ1v) is 11.1. The van der Waals surface area contributed by atoms with Crippen LogP contribution in [0.3, 0.4) is 0 Å². The highest BCUT2D eigenvalue weighted by molar-refractivity contribution is 5.90. The minimum Gasteiger partial charge on any atom is -0.492 e. The molecule has 1 saturated carbocycles. The molecule has 2 aromatic carbocycles. The molecule has 8 nitrogen and oxygen atoms in total. The highest BCUT2D eigenvalue weighted by atomic mass is 16.7. The molecule has 2 atom stereocenters. The molecule has 1 aliphatic carbocycles. The van der Waals surface area contributed by atoms with Gasteiger partial charge in [0.05, 0.1) is 13.3 Å². The summed E-state index contributed by atoms with van der Waals surface area (Å²) in [4.78, 5) is 26.2. The van der Waals surface area contributed by atoms with Crippen molar-refractivity contribution in [2.24, 2.45) is 11.0 Å². The third-order valence-corrected chi connectivity index (χ3v) is 6.12. The third-order valence-electron chi connectivity index (χ3n) is 6.12. The monoisotopic (exact) mass is 451 g/mol. The van der Waals surface area contributed by atoms with Gasteiger partial charge in [-0.15, -0.1) is 0 Å². The van der Waals surface area contributed by atoms with Gasteiger partial charge in [0.15, 0.2) is 11.5 Å². The number of methoxy groups -OCH3 is 1. The predicted octanol–water partition coefficient (Wildman–Crippen LogP) is 3.09. The zero-order valence-corrected chi connectivity index (χ0v) is 19.2. The summed E-state index contributed by atoms with van der Waals surface area (Å²) < 4.78 is 16.7. The molecular formula is C25H29N3O5. The lowest BCUT2D eigenvalue weighted by atomic mass is 10.0. The highest BCUT2D eigenvalue weighted by Gasteiger charge is 2.43. The van der Waals surface area contributed by atoms with Crippen molar-refractivity contribution in [2.45, 2.75) is 32.1 Å². The van der Waals surface area contributed by atoms with Crippen LogP contribution in [0, 0.1) is 5.92 Å². The van der Waals surface area contributed by atoms with E-state index in [0.29, 0.717) is 42.2 Å². The lowest BCUT2D eigenvalue weighted by molar-refractivity contribution is -0.129. The van der Waals surface area contributed by atoms with Gasteiger partial charge in [0.1, 0.15) is 0 Å². The van der Waals surface area contributed by atoms with Crippen LogP contribution in [0.15, 0.2) is 41.5 Å². The lowest BCUT2D eigenvalue weighted by Crippen LogP contribution is -2.28. The minimum absolute atomic E-state index is 0.0718. The smallest absolute Gasteiger partial charge is 0.243 e. The summed E-state index contributed by atoms with van der Waals surface area (Å²) in [5.74, 6) is 1.74. The fraction of sp³-hybridized carbons (Fsp3) is 0.400. The Balaban J connectivity index is 1.49. The Bertz CT molecular complexity index is 1050. The number of carbonyl (C=O) groups is 2. The van der Waals surface area contributed by atoms with E-state index < -0.39 is 0 Å². The number of fused-ring (bicyclic) bond motifs is 1. The van der Waals surface area contributed by atoms with Crippen molar-refractivity contribution < 1.29 is 23.8 Å². The molecule has 0 unspecified atom stereocenters. The van der Waals surface area contributed by atoms with Crippen molar-refractivity contribution >= 4 is 18.0 Å². The Labute approximate surface area is 193 Å². The molecular weight excluding hydrogens is 422 g/mol. The first kappa shape index (κ1) is 22.6. The number of hydrogen-bond acceptors (Lipinski definition) is 6. The molecule has 0 aromatic heterocycles. The van der Waals surface area contributed by atoms with Gasteiger partial charge >= 0.3 is 0 Å². The summed E-state index contributed by atoms with van der Waals surface area (Å²) in [6, 6.07) is 11.9. The second kappa shape index (κ2) is 9.94. The lowest BCUT2D eigenvalue weighted by Gasteiger charge is -2.18. The van der Waals surface area contributed by atoms with Crippen molar-refractivity contribution in [1.82, 2.24) is 10.3 Å². The summed E-state index contributed by atoms with van der Waals surface area (Å²) in [6.45, 7) is 2.48. The van der Waals surface area contributed by atoms with Gasteiger partial charge in [-0.05, 0) is 36.0 Å². The van der Waals surface area contributed by atoms with Gasteiger partial charge in [0, 0.05) is 31.5 Å². The molecule has 2 aliphatic rings. The maximum atomic E-state index is 12.6. The number of ether oxygens (including phenoxy) is 3. The van der Waals surface area contributed by atoms with Gasteiger partial charge in [-0.2, -0.15) is 5.10 Å². The Hall–Kier alpha value is -3.55. The van der Waals surface area contributed by atoms with Gasteiger partial charge in [0.2, 0.25) is 24.4 Å². The second-order valence-electron chi connectivity index (χ2n) is 8.23. The van der Waals surface area contributed by atoms with E-state index in [9.17, 15) is 9.59 Å². The van der Waals surface area contributed by atoms with Crippen LogP contribution in [0.1, 0.15) is 42.4 Å². The van der Waals surface area contributed by atoms with Crippen molar-refractivity contribution in [1.29, 1.82) is 0 Å². The van der Waals surface area contributed by atoms with Crippen LogP contribution in [0.4, 0.5) is 0 Å². The Kier molecular flexibility index (Phi) is 6.82. The van der Waals surface area contributed by atoms with E-state index in [0.717, 1.165) is 12.0 Å². The van der Waals surface area contributed by atoms with Gasteiger partial charge in [-0.25, -0.2) is 5.43 Å². The van der Waals surface area contributed by atoms with Gasteiger partial charge < -0.3 is 19.1 Å². The molecule has 0 radical (unpaired) electrons. The van der Waals surface area contributed by atoms with E-state index in [2.05, 4.69) is 10.5 Å². The maximum absolute atomic E-state index is 12.6. The molecule has 33 heavy (non-hydrogen) atoms. The number of hydrazone groups is 1. The number of carbonyl (C=O) groups excluding carboxylic acids is 2. The minimum atomic E-state index is -0.102. The molecule has 1 aliphatic heterocycles. The SMILES string of the molecule is CCC(=O)N(C)CCc1cc2c(c(OC)c1/C=N/NC(=O)[C@@H]1C[C@H]1c1ccccc1)OCO2. The molecule has 4 rings (SSSR count). The Morgan fingerprint density at radius 3 is 2.79 bits per heavy atom. The third kappa shape index (κ3) is 4.94. The summed E-state index contributed by atoms with van der Waals surface area (Å²) >= 11 is 0. The summed E-state index contributed by atoms with van der Waals surface area (Å²) in [5, 5.41) is 4.22. The predicted molar refractivity (Wildman–Crippen MR) is 124 cm³/mol. The van der Waals surface area contributed by atoms with Crippen LogP contribution in [-0.4, -0.2) is 50.4 Å². The normalized spacial score (nSPS) is 18.3. The first-order chi connectivity index (χ1) is 16.0. The molecule has 2 aromatic rings. The molecule has 0 bridgehead atoms. The molecule has 1 fully saturated rings. The molecule has 0 saturated heterocycles. The van der Waals surface area contributed by atoms with E-state index in [4.69, 9.17) is 14.2 Å². The van der Waals surface area contributed by atoms with Crippen molar-refractivity contribution in [2.75, 3.05) is 27.5 Å². The number of hydrogen-bond donors (Lipinski definition) is 1. The fourth-order valence-electron chi connectivity index (χ4n) is 4.11. The molecule has 174 valence electrons. The number of amides is 2. The van der Waals surface area contributed by atoms with Crippen LogP contribution in [0.25, 0.3) is 0 Å². The van der Waals surface area contributed by atoms with E-state index >= 15 is 0 Å². The van der Waals surface area contributed by atoms with Gasteiger partial charge in [-0.1, -0.05) is 37.3 Å². The number of rotatable bonds is 9. The molecule has 0 spiro atoms. The number of nitrogens with zero attached hydrogens (tertiary/aromatic N) is 2. The molecule has 1 heterocycles. The zero-order valence-electron chi connectivity index (χ0n) is 19.2. The van der Waals surface area contributed by atoms with Crippen LogP contribution in [0.2, 0.25) is 0 Å². The highest BCUT2D eigenvalue weighted by Crippen LogP contribution is 2.47. The number of nitrogens with one attached hydrogen (secondary N) is 1. The van der Waals surface area contributed by atoms with E-state index in [1.54, 1.807) is 25.3 Å². The maximum Gasteiger partial charge on any atom is 0.243 e. The van der Waals surface area contributed by atoms with Crippen molar-refractivity contribution in [3.05, 3.63) is 53.1 Å². The van der Waals surface area contributed by atoms with Crippen LogP contribution in [-0.2, 0) is 16.0 Å². The average molecular weight is 452 g/mol. The van der Waals surface area contributed by atoms with Gasteiger partial charge in [0.25, 0.3) is 0 Å². The topological polar surface area (TPSA) is 89.5 Å².